The fourth-order valence-corrected chi connectivity index (χ4v) is 1.79. The van der Waals surface area contributed by atoms with Gasteiger partial charge in [-0.3, -0.25) is 0 Å². The van der Waals surface area contributed by atoms with Crippen LogP contribution in [-0.2, 0) is 0 Å². The van der Waals surface area contributed by atoms with Gasteiger partial charge in [0.05, 0.1) is 0 Å². The Bertz CT molecular complexity index is 194. The van der Waals surface area contributed by atoms with E-state index in [1.807, 2.05) is 0 Å². The van der Waals surface area contributed by atoms with Crippen molar-refractivity contribution < 1.29 is 0 Å². The maximum Gasteiger partial charge on any atom is 0.00630 e. The Morgan fingerprint density at radius 2 is 2.25 bits per heavy atom. The van der Waals surface area contributed by atoms with Gasteiger partial charge in [-0.2, -0.15) is 0 Å². The van der Waals surface area contributed by atoms with E-state index >= 15 is 0 Å². The molecule has 1 unspecified atom stereocenters. The van der Waals surface area contributed by atoms with Crippen LogP contribution in [-0.4, -0.2) is 0 Å². The third-order valence-corrected chi connectivity index (χ3v) is 2.23. The molecule has 0 bridgehead atoms. The summed E-state index contributed by atoms with van der Waals surface area (Å²) in [5.41, 5.74) is 4.80. The highest BCUT2D eigenvalue weighted by Gasteiger charge is 2.32. The molecule has 0 heteroatoms. The van der Waals surface area contributed by atoms with Crippen LogP contribution in [0.3, 0.4) is 0 Å². The second-order valence-corrected chi connectivity index (χ2v) is 2.85. The van der Waals surface area contributed by atoms with E-state index in [4.69, 9.17) is 0 Å². The molecule has 0 saturated carbocycles. The lowest BCUT2D eigenvalue weighted by atomic mass is 9.66. The lowest BCUT2D eigenvalue weighted by molar-refractivity contribution is 0.604. The minimum absolute atomic E-state index is 0.884. The van der Waals surface area contributed by atoms with E-state index in [-0.39, 0.29) is 0 Å². The van der Waals surface area contributed by atoms with Gasteiger partial charge in [0.25, 0.3) is 0 Å². The third kappa shape index (κ3) is 0.290. The molecule has 42 valence electrons. The second-order valence-electron chi connectivity index (χ2n) is 2.85. The van der Waals surface area contributed by atoms with Crippen molar-refractivity contribution >= 4 is 0 Å². The normalized spacial score (nSPS) is 32.8. The van der Waals surface area contributed by atoms with Crippen molar-refractivity contribution in [2.75, 3.05) is 0 Å². The van der Waals surface area contributed by atoms with Crippen molar-refractivity contribution in [3.05, 3.63) is 22.8 Å². The van der Waals surface area contributed by atoms with Gasteiger partial charge < -0.3 is 0 Å². The first kappa shape index (κ1) is 4.37. The van der Waals surface area contributed by atoms with Crippen molar-refractivity contribution in [3.8, 4) is 0 Å². The highest BCUT2D eigenvalue weighted by Crippen LogP contribution is 2.47. The minimum Gasteiger partial charge on any atom is -0.0734 e. The van der Waals surface area contributed by atoms with Crippen LogP contribution >= 0.6 is 0 Å². The van der Waals surface area contributed by atoms with Gasteiger partial charge in [-0.05, 0) is 25.8 Å². The van der Waals surface area contributed by atoms with E-state index in [0.29, 0.717) is 0 Å². The molecular formula is C8H10. The summed E-state index contributed by atoms with van der Waals surface area (Å²) in [4.78, 5) is 0. The summed E-state index contributed by atoms with van der Waals surface area (Å²) in [7, 11) is 0. The number of fused-ring (bicyclic) bond motifs is 1. The molecule has 8 heavy (non-hydrogen) atoms. The first-order chi connectivity index (χ1) is 3.79. The van der Waals surface area contributed by atoms with Crippen molar-refractivity contribution in [1.29, 1.82) is 0 Å². The van der Waals surface area contributed by atoms with Crippen LogP contribution in [0.1, 0.15) is 20.3 Å². The molecule has 0 spiro atoms. The highest BCUT2D eigenvalue weighted by atomic mass is 14.4. The molecule has 2 rings (SSSR count). The molecule has 0 N–H and O–H groups in total. The number of hydrogen-bond donors (Lipinski definition) is 0. The van der Waals surface area contributed by atoms with Crippen LogP contribution in [0.5, 0.6) is 0 Å². The van der Waals surface area contributed by atoms with Crippen molar-refractivity contribution in [2.24, 2.45) is 5.92 Å². The molecule has 0 amide bonds. The Kier molecular flexibility index (Phi) is 0.585. The Labute approximate surface area is 49.9 Å². The summed E-state index contributed by atoms with van der Waals surface area (Å²) in [6.45, 7) is 4.44. The first-order valence-electron chi connectivity index (χ1n) is 3.17. The topological polar surface area (TPSA) is 0 Å². The van der Waals surface area contributed by atoms with Gasteiger partial charge >= 0.3 is 0 Å². The summed E-state index contributed by atoms with van der Waals surface area (Å²) in [5.74, 6) is 0.884. The monoisotopic (exact) mass is 106 g/mol. The molecule has 0 saturated heterocycles. The van der Waals surface area contributed by atoms with Gasteiger partial charge in [-0.15, -0.1) is 0 Å². The molecule has 0 aromatic heterocycles. The van der Waals surface area contributed by atoms with E-state index in [9.17, 15) is 0 Å². The number of hydrogen-bond acceptors (Lipinski definition) is 0. The highest BCUT2D eigenvalue weighted by molar-refractivity contribution is 5.53. The number of rotatable bonds is 0. The number of allylic oxidation sites excluding steroid dienone is 4. The lowest BCUT2D eigenvalue weighted by Crippen LogP contribution is -2.23. The molecule has 0 fully saturated rings. The zero-order valence-electron chi connectivity index (χ0n) is 5.36. The summed E-state index contributed by atoms with van der Waals surface area (Å²) in [5, 5.41) is 0. The van der Waals surface area contributed by atoms with Gasteiger partial charge in [0.1, 0.15) is 0 Å². The second kappa shape index (κ2) is 1.07. The smallest absolute Gasteiger partial charge is 0.00630 e. The van der Waals surface area contributed by atoms with Gasteiger partial charge in [-0.25, -0.2) is 0 Å². The Morgan fingerprint density at radius 1 is 1.50 bits per heavy atom. The minimum atomic E-state index is 0.884. The van der Waals surface area contributed by atoms with Crippen LogP contribution in [0.4, 0.5) is 0 Å². The zero-order valence-corrected chi connectivity index (χ0v) is 5.36. The van der Waals surface area contributed by atoms with E-state index in [1.54, 1.807) is 11.1 Å². The molecule has 0 nitrogen and oxygen atoms in total. The fraction of sp³-hybridized carbons (Fsp3) is 0.500. The maximum absolute atomic E-state index is 2.36. The Hall–Kier alpha value is -0.520. The molecule has 0 radical (unpaired) electrons. The van der Waals surface area contributed by atoms with Crippen molar-refractivity contribution in [1.82, 2.24) is 0 Å². The molecular weight excluding hydrogens is 96.1 g/mol. The molecule has 0 aliphatic heterocycles. The molecule has 0 heterocycles. The summed E-state index contributed by atoms with van der Waals surface area (Å²) in [6, 6.07) is 0. The third-order valence-electron chi connectivity index (χ3n) is 2.23. The molecule has 0 aromatic carbocycles. The fourth-order valence-electron chi connectivity index (χ4n) is 1.79. The first-order valence-corrected chi connectivity index (χ1v) is 3.17. The molecule has 2 aliphatic rings. The van der Waals surface area contributed by atoms with Gasteiger partial charge in [0.15, 0.2) is 0 Å². The predicted octanol–water partition coefficient (Wildman–Crippen LogP) is 2.28. The van der Waals surface area contributed by atoms with Gasteiger partial charge in [0.2, 0.25) is 0 Å². The van der Waals surface area contributed by atoms with Crippen LogP contribution < -0.4 is 0 Å². The quantitative estimate of drug-likeness (QED) is 0.444. The molecule has 1 atom stereocenters. The Morgan fingerprint density at radius 3 is 2.50 bits per heavy atom. The van der Waals surface area contributed by atoms with Crippen LogP contribution in [0, 0.1) is 5.92 Å². The lowest BCUT2D eigenvalue weighted by Gasteiger charge is -2.38. The standard InChI is InChI=1S/C8H10/c1-5-3-7-4-6(2)8(5)7/h3,7H,4H2,1-2H3. The molecule has 2 aliphatic carbocycles. The summed E-state index contributed by atoms with van der Waals surface area (Å²) in [6.07, 6.45) is 3.70. The average Bonchev–Trinajstić information content (AvgIpc) is 1.63. The molecule has 0 aromatic rings. The van der Waals surface area contributed by atoms with Crippen LogP contribution in [0.25, 0.3) is 0 Å². The average molecular weight is 106 g/mol. The zero-order chi connectivity index (χ0) is 5.72. The summed E-state index contributed by atoms with van der Waals surface area (Å²) < 4.78 is 0. The van der Waals surface area contributed by atoms with Crippen LogP contribution in [0.15, 0.2) is 22.8 Å². The van der Waals surface area contributed by atoms with Gasteiger partial charge in [0, 0.05) is 5.92 Å². The Balaban J connectivity index is 2.44. The van der Waals surface area contributed by atoms with Crippen LogP contribution in [0.2, 0.25) is 0 Å². The van der Waals surface area contributed by atoms with Gasteiger partial charge in [-0.1, -0.05) is 17.2 Å². The maximum atomic E-state index is 2.36. The summed E-state index contributed by atoms with van der Waals surface area (Å²) >= 11 is 0. The van der Waals surface area contributed by atoms with E-state index in [1.165, 1.54) is 12.0 Å². The van der Waals surface area contributed by atoms with Crippen molar-refractivity contribution in [3.63, 3.8) is 0 Å². The predicted molar refractivity (Wildman–Crippen MR) is 34.6 cm³/mol. The van der Waals surface area contributed by atoms with E-state index in [2.05, 4.69) is 19.9 Å². The van der Waals surface area contributed by atoms with E-state index in [0.717, 1.165) is 5.92 Å². The van der Waals surface area contributed by atoms with Crippen molar-refractivity contribution in [2.45, 2.75) is 20.3 Å². The largest absolute Gasteiger partial charge is 0.0734 e. The van der Waals surface area contributed by atoms with E-state index < -0.39 is 0 Å². The SMILES string of the molecule is CC1=CC2CC(C)=C12.